The average Bonchev–Trinajstić information content (AvgIpc) is 2.48. The number of alkyl halides is 3. The number of hydrogen-bond acceptors (Lipinski definition) is 2. The molecule has 1 N–H and O–H groups in total. The molecule has 0 aliphatic carbocycles. The summed E-state index contributed by atoms with van der Waals surface area (Å²) >= 11 is 0. The summed E-state index contributed by atoms with van der Waals surface area (Å²) in [6.07, 6.45) is -4.86. The second kappa shape index (κ2) is 5.78. The molecule has 1 heterocycles. The van der Waals surface area contributed by atoms with Gasteiger partial charge in [-0.15, -0.1) is 0 Å². The molecule has 0 amide bonds. The van der Waals surface area contributed by atoms with E-state index in [1.54, 1.807) is 6.92 Å². The van der Waals surface area contributed by atoms with E-state index >= 15 is 0 Å². The number of halogens is 3. The van der Waals surface area contributed by atoms with Crippen LogP contribution in [0.25, 0.3) is 0 Å². The molecular formula is C13H20F3NO. The molecule has 104 valence electrons. The van der Waals surface area contributed by atoms with Crippen LogP contribution in [0.3, 0.4) is 0 Å². The van der Waals surface area contributed by atoms with Gasteiger partial charge < -0.3 is 9.73 Å². The van der Waals surface area contributed by atoms with Gasteiger partial charge in [0.2, 0.25) is 0 Å². The lowest BCUT2D eigenvalue weighted by molar-refractivity contribution is -0.136. The fraction of sp³-hybridized carbons (Fsp3) is 0.692. The summed E-state index contributed by atoms with van der Waals surface area (Å²) in [5.41, 5.74) is 1.82. The smallest absolute Gasteiger partial charge is 0.389 e. The van der Waals surface area contributed by atoms with Gasteiger partial charge in [0.1, 0.15) is 11.5 Å². The predicted molar refractivity (Wildman–Crippen MR) is 64.6 cm³/mol. The Bertz CT molecular complexity index is 396. The van der Waals surface area contributed by atoms with Gasteiger partial charge in [0, 0.05) is 18.0 Å². The normalized spacial score (nSPS) is 13.9. The molecule has 0 aliphatic heterocycles. The Morgan fingerprint density at radius 1 is 1.17 bits per heavy atom. The Kier molecular flexibility index (Phi) is 4.85. The second-order valence-corrected chi connectivity index (χ2v) is 4.52. The topological polar surface area (TPSA) is 25.2 Å². The molecule has 0 spiro atoms. The summed E-state index contributed by atoms with van der Waals surface area (Å²) < 4.78 is 42.5. The van der Waals surface area contributed by atoms with Gasteiger partial charge >= 0.3 is 6.18 Å². The maximum Gasteiger partial charge on any atom is 0.389 e. The maximum absolute atomic E-state index is 12.3. The van der Waals surface area contributed by atoms with Crippen molar-refractivity contribution in [3.63, 3.8) is 0 Å². The first-order valence-electron chi connectivity index (χ1n) is 6.13. The zero-order valence-corrected chi connectivity index (χ0v) is 11.2. The molecule has 0 saturated heterocycles. The van der Waals surface area contributed by atoms with Crippen LogP contribution in [-0.2, 0) is 0 Å². The van der Waals surface area contributed by atoms with Crippen LogP contribution < -0.4 is 5.32 Å². The first-order chi connectivity index (χ1) is 8.26. The summed E-state index contributed by atoms with van der Waals surface area (Å²) in [5, 5.41) is 3.11. The van der Waals surface area contributed by atoms with Gasteiger partial charge in [0.05, 0.1) is 0 Å². The fourth-order valence-corrected chi connectivity index (χ4v) is 2.22. The van der Waals surface area contributed by atoms with E-state index in [2.05, 4.69) is 5.32 Å². The van der Waals surface area contributed by atoms with Gasteiger partial charge in [-0.05, 0) is 39.3 Å². The average molecular weight is 263 g/mol. The van der Waals surface area contributed by atoms with Crippen molar-refractivity contribution < 1.29 is 17.6 Å². The summed E-state index contributed by atoms with van der Waals surface area (Å²) in [7, 11) is 0. The molecule has 1 unspecified atom stereocenters. The summed E-state index contributed by atoms with van der Waals surface area (Å²) in [6, 6.07) is -0.297. The van der Waals surface area contributed by atoms with Crippen molar-refractivity contribution in [2.75, 3.05) is 6.54 Å². The van der Waals surface area contributed by atoms with E-state index in [4.69, 9.17) is 4.42 Å². The van der Waals surface area contributed by atoms with Gasteiger partial charge in [0.25, 0.3) is 0 Å². The van der Waals surface area contributed by atoms with Crippen molar-refractivity contribution in [1.82, 2.24) is 5.32 Å². The lowest BCUT2D eigenvalue weighted by atomic mass is 9.98. The molecule has 2 nitrogen and oxygen atoms in total. The molecule has 0 saturated carbocycles. The number of aryl methyl sites for hydroxylation is 2. The highest BCUT2D eigenvalue weighted by atomic mass is 19.4. The third-order valence-corrected chi connectivity index (χ3v) is 3.13. The highest BCUT2D eigenvalue weighted by molar-refractivity contribution is 5.34. The van der Waals surface area contributed by atoms with Gasteiger partial charge in [-0.25, -0.2) is 0 Å². The molecule has 5 heteroatoms. The van der Waals surface area contributed by atoms with Crippen LogP contribution in [0.2, 0.25) is 0 Å². The lowest BCUT2D eigenvalue weighted by Gasteiger charge is -2.19. The Labute approximate surface area is 106 Å². The predicted octanol–water partition coefficient (Wildman–Crippen LogP) is 4.20. The second-order valence-electron chi connectivity index (χ2n) is 4.52. The third kappa shape index (κ3) is 3.77. The van der Waals surface area contributed by atoms with Crippen molar-refractivity contribution >= 4 is 0 Å². The fourth-order valence-electron chi connectivity index (χ4n) is 2.22. The molecular weight excluding hydrogens is 243 g/mol. The Morgan fingerprint density at radius 2 is 1.78 bits per heavy atom. The highest BCUT2D eigenvalue weighted by Crippen LogP contribution is 2.32. The minimum atomic E-state index is -4.12. The van der Waals surface area contributed by atoms with E-state index in [9.17, 15) is 13.2 Å². The zero-order valence-electron chi connectivity index (χ0n) is 11.2. The van der Waals surface area contributed by atoms with E-state index in [1.165, 1.54) is 0 Å². The van der Waals surface area contributed by atoms with Crippen LogP contribution in [0.5, 0.6) is 0 Å². The lowest BCUT2D eigenvalue weighted by Crippen LogP contribution is -2.24. The Balaban J connectivity index is 2.90. The minimum absolute atomic E-state index is 0.0397. The van der Waals surface area contributed by atoms with Gasteiger partial charge in [-0.3, -0.25) is 0 Å². The van der Waals surface area contributed by atoms with E-state index in [-0.39, 0.29) is 12.5 Å². The molecule has 1 atom stereocenters. The molecule has 18 heavy (non-hydrogen) atoms. The molecule has 1 rings (SSSR count). The monoisotopic (exact) mass is 263 g/mol. The van der Waals surface area contributed by atoms with Crippen LogP contribution in [0.1, 0.15) is 48.5 Å². The number of rotatable bonds is 5. The van der Waals surface area contributed by atoms with Crippen LogP contribution in [-0.4, -0.2) is 12.7 Å². The molecule has 0 fully saturated rings. The summed E-state index contributed by atoms with van der Waals surface area (Å²) in [5.74, 6) is 1.48. The van der Waals surface area contributed by atoms with E-state index in [0.717, 1.165) is 16.9 Å². The number of furan rings is 1. The van der Waals surface area contributed by atoms with Gasteiger partial charge in [0.15, 0.2) is 0 Å². The molecule has 1 aromatic heterocycles. The van der Waals surface area contributed by atoms with Gasteiger partial charge in [-0.1, -0.05) is 6.92 Å². The summed E-state index contributed by atoms with van der Waals surface area (Å²) in [6.45, 7) is 8.04. The summed E-state index contributed by atoms with van der Waals surface area (Å²) in [4.78, 5) is 0. The van der Waals surface area contributed by atoms with Crippen LogP contribution in [0.15, 0.2) is 4.42 Å². The number of nitrogens with one attached hydrogen (secondary N) is 1. The van der Waals surface area contributed by atoms with Crippen molar-refractivity contribution in [2.45, 2.75) is 52.8 Å². The molecule has 0 radical (unpaired) electrons. The molecule has 0 bridgehead atoms. The Morgan fingerprint density at radius 3 is 2.17 bits per heavy atom. The zero-order chi connectivity index (χ0) is 13.9. The largest absolute Gasteiger partial charge is 0.466 e. The van der Waals surface area contributed by atoms with Crippen molar-refractivity contribution in [3.8, 4) is 0 Å². The molecule has 0 aliphatic rings. The number of hydrogen-bond donors (Lipinski definition) is 1. The first-order valence-corrected chi connectivity index (χ1v) is 6.13. The van der Waals surface area contributed by atoms with Crippen LogP contribution in [0.4, 0.5) is 13.2 Å². The molecule has 1 aromatic rings. The standard InChI is InChI=1S/C13H20F3NO/c1-5-17-11(6-7-13(14,15)16)12-8(2)9(3)18-10(12)4/h11,17H,5-7H2,1-4H3. The van der Waals surface area contributed by atoms with Crippen LogP contribution >= 0.6 is 0 Å². The van der Waals surface area contributed by atoms with E-state index in [1.807, 2.05) is 20.8 Å². The quantitative estimate of drug-likeness (QED) is 0.861. The van der Waals surface area contributed by atoms with E-state index in [0.29, 0.717) is 12.3 Å². The highest BCUT2D eigenvalue weighted by Gasteiger charge is 2.30. The van der Waals surface area contributed by atoms with Crippen LogP contribution in [0, 0.1) is 20.8 Å². The Hall–Kier alpha value is -0.970. The third-order valence-electron chi connectivity index (χ3n) is 3.13. The maximum atomic E-state index is 12.3. The van der Waals surface area contributed by atoms with Gasteiger partial charge in [-0.2, -0.15) is 13.2 Å². The van der Waals surface area contributed by atoms with Crippen molar-refractivity contribution in [3.05, 3.63) is 22.6 Å². The van der Waals surface area contributed by atoms with E-state index < -0.39 is 12.6 Å². The first kappa shape index (κ1) is 15.1. The van der Waals surface area contributed by atoms with Crippen molar-refractivity contribution in [2.24, 2.45) is 0 Å². The van der Waals surface area contributed by atoms with Crippen molar-refractivity contribution in [1.29, 1.82) is 0 Å². The molecule has 0 aromatic carbocycles. The SMILES string of the molecule is CCNC(CCC(F)(F)F)c1c(C)oc(C)c1C. The minimum Gasteiger partial charge on any atom is -0.466 e.